The highest BCUT2D eigenvalue weighted by Gasteiger charge is 2.48. The van der Waals surface area contributed by atoms with Crippen LogP contribution in [0.4, 0.5) is 21.8 Å². The van der Waals surface area contributed by atoms with Gasteiger partial charge in [0.2, 0.25) is 0 Å². The van der Waals surface area contributed by atoms with Crippen LogP contribution >= 0.6 is 0 Å². The standard InChI is InChI=1S/C10H14FN5O4/c11-16-3-15(9-5(16)8(12)13-2-14-9)10-7(19)6(18)4(1-17)20-10/h2,4,6-7,10,17-19H,1,3H2,(H2,12,13,14)/t4-,6?,7?,10-/m1/s1. The van der Waals surface area contributed by atoms with Crippen LogP contribution in [0.15, 0.2) is 6.33 Å². The molecule has 1 aromatic heterocycles. The van der Waals surface area contributed by atoms with Crippen molar-refractivity contribution in [1.29, 1.82) is 0 Å². The molecule has 0 saturated carbocycles. The number of anilines is 3. The van der Waals surface area contributed by atoms with Crippen LogP contribution < -0.4 is 15.8 Å². The third-order valence-corrected chi connectivity index (χ3v) is 3.45. The Balaban J connectivity index is 1.93. The van der Waals surface area contributed by atoms with Gasteiger partial charge in [-0.15, -0.1) is 0 Å². The molecule has 2 aliphatic heterocycles. The Bertz CT molecular complexity index is 520. The number of fused-ring (bicyclic) bond motifs is 1. The van der Waals surface area contributed by atoms with E-state index in [-0.39, 0.29) is 24.0 Å². The molecule has 2 unspecified atom stereocenters. The van der Waals surface area contributed by atoms with Gasteiger partial charge >= 0.3 is 0 Å². The van der Waals surface area contributed by atoms with E-state index in [1.165, 1.54) is 11.2 Å². The number of aliphatic hydroxyl groups is 3. The lowest BCUT2D eigenvalue weighted by atomic mass is 10.1. The summed E-state index contributed by atoms with van der Waals surface area (Å²) >= 11 is 0. The molecule has 3 rings (SSSR count). The van der Waals surface area contributed by atoms with Crippen molar-refractivity contribution >= 4 is 17.3 Å². The van der Waals surface area contributed by atoms with Gasteiger partial charge in [-0.3, -0.25) is 0 Å². The van der Waals surface area contributed by atoms with Gasteiger partial charge in [0.05, 0.1) is 6.61 Å². The van der Waals surface area contributed by atoms with E-state index in [1.807, 2.05) is 0 Å². The molecule has 20 heavy (non-hydrogen) atoms. The Morgan fingerprint density at radius 1 is 1.40 bits per heavy atom. The minimum absolute atomic E-state index is 0.00904. The van der Waals surface area contributed by atoms with Crippen molar-refractivity contribution < 1.29 is 24.5 Å². The number of halogens is 1. The molecule has 1 aromatic rings. The topological polar surface area (TPSA) is 128 Å². The Labute approximate surface area is 113 Å². The minimum Gasteiger partial charge on any atom is -0.394 e. The van der Waals surface area contributed by atoms with E-state index in [0.717, 1.165) is 0 Å². The first-order valence-electron chi connectivity index (χ1n) is 5.97. The summed E-state index contributed by atoms with van der Waals surface area (Å²) in [5.74, 6) is 0.126. The number of nitrogen functional groups attached to an aromatic ring is 1. The summed E-state index contributed by atoms with van der Waals surface area (Å²) in [5.41, 5.74) is 5.58. The molecule has 0 radical (unpaired) electrons. The normalized spacial score (nSPS) is 32.8. The molecule has 110 valence electrons. The van der Waals surface area contributed by atoms with E-state index >= 15 is 0 Å². The van der Waals surface area contributed by atoms with E-state index in [1.54, 1.807) is 0 Å². The second-order valence-corrected chi connectivity index (χ2v) is 4.63. The van der Waals surface area contributed by atoms with E-state index in [4.69, 9.17) is 15.6 Å². The number of aromatic nitrogens is 2. The summed E-state index contributed by atoms with van der Waals surface area (Å²) in [5, 5.41) is 29.1. The third-order valence-electron chi connectivity index (χ3n) is 3.45. The lowest BCUT2D eigenvalue weighted by molar-refractivity contribution is -0.0225. The van der Waals surface area contributed by atoms with Gasteiger partial charge in [0, 0.05) is 0 Å². The maximum absolute atomic E-state index is 13.9. The Hall–Kier alpha value is -1.75. The van der Waals surface area contributed by atoms with Crippen molar-refractivity contribution in [2.24, 2.45) is 0 Å². The highest BCUT2D eigenvalue weighted by atomic mass is 19.2. The molecular formula is C10H14FN5O4. The minimum atomic E-state index is -1.30. The van der Waals surface area contributed by atoms with Gasteiger partial charge < -0.3 is 30.7 Å². The van der Waals surface area contributed by atoms with E-state index < -0.39 is 31.1 Å². The van der Waals surface area contributed by atoms with Crippen molar-refractivity contribution in [1.82, 2.24) is 9.97 Å². The highest BCUT2D eigenvalue weighted by Crippen LogP contribution is 2.41. The maximum Gasteiger partial charge on any atom is 0.164 e. The zero-order chi connectivity index (χ0) is 14.4. The van der Waals surface area contributed by atoms with Crippen LogP contribution in [-0.2, 0) is 4.74 Å². The van der Waals surface area contributed by atoms with Gasteiger partial charge in [-0.2, -0.15) is 5.12 Å². The van der Waals surface area contributed by atoms with Crippen LogP contribution in [0.5, 0.6) is 0 Å². The molecule has 0 aromatic carbocycles. The second-order valence-electron chi connectivity index (χ2n) is 4.63. The molecule has 2 aliphatic rings. The SMILES string of the molecule is Nc1ncnc2c1N(F)CN2[C@@H]1O[C@H](CO)C(O)C1O. The van der Waals surface area contributed by atoms with Gasteiger partial charge in [0.25, 0.3) is 0 Å². The molecule has 10 heteroatoms. The first kappa shape index (κ1) is 13.2. The number of nitrogens with zero attached hydrogens (tertiary/aromatic N) is 4. The molecule has 0 bridgehead atoms. The molecule has 1 saturated heterocycles. The predicted molar refractivity (Wildman–Crippen MR) is 65.1 cm³/mol. The van der Waals surface area contributed by atoms with Crippen LogP contribution in [-0.4, -0.2) is 63.1 Å². The van der Waals surface area contributed by atoms with Crippen molar-refractivity contribution in [3.63, 3.8) is 0 Å². The zero-order valence-electron chi connectivity index (χ0n) is 10.3. The molecule has 5 N–H and O–H groups in total. The lowest BCUT2D eigenvalue weighted by Crippen LogP contribution is -2.45. The number of ether oxygens (including phenoxy) is 1. The van der Waals surface area contributed by atoms with Crippen molar-refractivity contribution in [2.75, 3.05) is 29.0 Å². The Morgan fingerprint density at radius 2 is 2.15 bits per heavy atom. The van der Waals surface area contributed by atoms with Crippen molar-refractivity contribution in [3.05, 3.63) is 6.33 Å². The Kier molecular flexibility index (Phi) is 3.09. The molecule has 1 fully saturated rings. The fourth-order valence-corrected chi connectivity index (χ4v) is 2.44. The number of hydrogen-bond donors (Lipinski definition) is 4. The fourth-order valence-electron chi connectivity index (χ4n) is 2.44. The van der Waals surface area contributed by atoms with Crippen LogP contribution in [0.3, 0.4) is 0 Å². The van der Waals surface area contributed by atoms with Gasteiger partial charge in [-0.1, -0.05) is 4.48 Å². The summed E-state index contributed by atoms with van der Waals surface area (Å²) in [6, 6.07) is 0. The summed E-state index contributed by atoms with van der Waals surface area (Å²) in [6.45, 7) is -0.731. The first-order chi connectivity index (χ1) is 9.54. The number of aliphatic hydroxyl groups excluding tert-OH is 3. The molecular weight excluding hydrogens is 273 g/mol. The van der Waals surface area contributed by atoms with Crippen LogP contribution in [0.25, 0.3) is 0 Å². The fraction of sp³-hybridized carbons (Fsp3) is 0.600. The second kappa shape index (κ2) is 4.66. The smallest absolute Gasteiger partial charge is 0.164 e. The van der Waals surface area contributed by atoms with E-state index in [0.29, 0.717) is 5.12 Å². The lowest BCUT2D eigenvalue weighted by Gasteiger charge is -2.26. The summed E-state index contributed by atoms with van der Waals surface area (Å²) in [4.78, 5) is 8.93. The van der Waals surface area contributed by atoms with Crippen LogP contribution in [0.2, 0.25) is 0 Å². The van der Waals surface area contributed by atoms with Crippen molar-refractivity contribution in [2.45, 2.75) is 24.5 Å². The van der Waals surface area contributed by atoms with E-state index in [2.05, 4.69) is 9.97 Å². The molecule has 0 spiro atoms. The molecule has 3 heterocycles. The van der Waals surface area contributed by atoms with Gasteiger partial charge in [0.1, 0.15) is 31.3 Å². The molecule has 0 amide bonds. The van der Waals surface area contributed by atoms with Crippen LogP contribution in [0, 0.1) is 0 Å². The quantitative estimate of drug-likeness (QED) is 0.455. The number of hydrogen-bond acceptors (Lipinski definition) is 9. The maximum atomic E-state index is 13.9. The molecule has 4 atom stereocenters. The third kappa shape index (κ3) is 1.77. The van der Waals surface area contributed by atoms with Crippen molar-refractivity contribution in [3.8, 4) is 0 Å². The number of nitrogens with two attached hydrogens (primary N) is 1. The van der Waals surface area contributed by atoms with Gasteiger partial charge in [0.15, 0.2) is 23.6 Å². The average Bonchev–Trinajstić information content (AvgIpc) is 2.90. The first-order valence-corrected chi connectivity index (χ1v) is 5.97. The molecule has 9 nitrogen and oxygen atoms in total. The van der Waals surface area contributed by atoms with E-state index in [9.17, 15) is 14.7 Å². The van der Waals surface area contributed by atoms with Crippen LogP contribution in [0.1, 0.15) is 0 Å². The highest BCUT2D eigenvalue weighted by molar-refractivity contribution is 5.80. The Morgan fingerprint density at radius 3 is 2.80 bits per heavy atom. The summed E-state index contributed by atoms with van der Waals surface area (Å²) in [7, 11) is 0. The average molecular weight is 287 g/mol. The number of rotatable bonds is 2. The predicted octanol–water partition coefficient (Wildman–Crippen LogP) is -2.03. The molecule has 0 aliphatic carbocycles. The largest absolute Gasteiger partial charge is 0.394 e. The summed E-state index contributed by atoms with van der Waals surface area (Å²) in [6.07, 6.45) is -3.37. The monoisotopic (exact) mass is 287 g/mol. The summed E-state index contributed by atoms with van der Waals surface area (Å²) < 4.78 is 19.2. The van der Waals surface area contributed by atoms with Gasteiger partial charge in [-0.25, -0.2) is 9.97 Å². The van der Waals surface area contributed by atoms with Gasteiger partial charge in [-0.05, 0) is 0 Å². The zero-order valence-corrected chi connectivity index (χ0v) is 10.3.